The second kappa shape index (κ2) is 6.67. The van der Waals surface area contributed by atoms with E-state index < -0.39 is 0 Å². The Morgan fingerprint density at radius 2 is 1.76 bits per heavy atom. The molecular formula is C14H26N2S. The first-order valence-electron chi connectivity index (χ1n) is 7.23. The maximum atomic E-state index is 4.66. The van der Waals surface area contributed by atoms with Gasteiger partial charge >= 0.3 is 0 Å². The lowest BCUT2D eigenvalue weighted by Crippen LogP contribution is -2.33. The van der Waals surface area contributed by atoms with Crippen LogP contribution in [0.3, 0.4) is 0 Å². The number of nitrogens with zero attached hydrogens (tertiary/aromatic N) is 1. The van der Waals surface area contributed by atoms with Crippen LogP contribution in [0.5, 0.6) is 0 Å². The summed E-state index contributed by atoms with van der Waals surface area (Å²) in [5.74, 6) is 0.736. The molecule has 0 amide bonds. The van der Waals surface area contributed by atoms with E-state index in [1.807, 2.05) is 11.8 Å². The standard InChI is InChI=1S/C14H26N2S/c1-11(2)13-10-15-14(17-13)16-12-8-6-4-3-5-7-9-12/h11-13H,3-10H2,1-2H3,(H,15,16). The van der Waals surface area contributed by atoms with E-state index in [9.17, 15) is 0 Å². The van der Waals surface area contributed by atoms with Gasteiger partial charge in [-0.2, -0.15) is 0 Å². The van der Waals surface area contributed by atoms with Crippen molar-refractivity contribution in [1.29, 1.82) is 0 Å². The van der Waals surface area contributed by atoms with Crippen LogP contribution in [0.25, 0.3) is 0 Å². The predicted molar refractivity (Wildman–Crippen MR) is 77.8 cm³/mol. The van der Waals surface area contributed by atoms with Crippen LogP contribution in [-0.2, 0) is 0 Å². The first-order chi connectivity index (χ1) is 8.25. The van der Waals surface area contributed by atoms with Gasteiger partial charge < -0.3 is 5.32 Å². The summed E-state index contributed by atoms with van der Waals surface area (Å²) in [6.07, 6.45) is 9.75. The zero-order chi connectivity index (χ0) is 12.1. The van der Waals surface area contributed by atoms with Crippen LogP contribution in [0, 0.1) is 5.92 Å². The molecule has 0 saturated heterocycles. The largest absolute Gasteiger partial charge is 0.362 e. The Hall–Kier alpha value is -0.180. The molecule has 0 spiro atoms. The Labute approximate surface area is 110 Å². The number of thioether (sulfide) groups is 1. The van der Waals surface area contributed by atoms with Gasteiger partial charge in [-0.1, -0.05) is 57.7 Å². The summed E-state index contributed by atoms with van der Waals surface area (Å²) in [5.41, 5.74) is 0. The van der Waals surface area contributed by atoms with Gasteiger partial charge in [0.1, 0.15) is 0 Å². The lowest BCUT2D eigenvalue weighted by molar-refractivity contribution is 0.430. The third kappa shape index (κ3) is 4.20. The Bertz CT molecular complexity index is 255. The van der Waals surface area contributed by atoms with Crippen molar-refractivity contribution in [2.24, 2.45) is 10.9 Å². The van der Waals surface area contributed by atoms with E-state index in [0.717, 1.165) is 12.5 Å². The highest BCUT2D eigenvalue weighted by Gasteiger charge is 2.24. The first kappa shape index (κ1) is 13.3. The minimum absolute atomic E-state index is 0.687. The van der Waals surface area contributed by atoms with Gasteiger partial charge in [0.2, 0.25) is 0 Å². The third-order valence-corrected chi connectivity index (χ3v) is 5.32. The van der Waals surface area contributed by atoms with E-state index in [2.05, 4.69) is 24.2 Å². The highest BCUT2D eigenvalue weighted by Crippen LogP contribution is 2.27. The van der Waals surface area contributed by atoms with Crippen LogP contribution < -0.4 is 5.32 Å². The maximum Gasteiger partial charge on any atom is 0.157 e. The molecule has 98 valence electrons. The van der Waals surface area contributed by atoms with Crippen molar-refractivity contribution in [2.45, 2.75) is 70.1 Å². The van der Waals surface area contributed by atoms with Crippen molar-refractivity contribution in [3.05, 3.63) is 0 Å². The number of aliphatic imine (C=N–C) groups is 1. The van der Waals surface area contributed by atoms with Crippen molar-refractivity contribution >= 4 is 16.9 Å². The van der Waals surface area contributed by atoms with Gasteiger partial charge in [0.15, 0.2) is 5.17 Å². The monoisotopic (exact) mass is 254 g/mol. The molecule has 3 heteroatoms. The number of hydrogen-bond acceptors (Lipinski definition) is 3. The predicted octanol–water partition coefficient (Wildman–Crippen LogP) is 3.82. The van der Waals surface area contributed by atoms with Crippen molar-refractivity contribution in [3.63, 3.8) is 0 Å². The zero-order valence-electron chi connectivity index (χ0n) is 11.2. The molecule has 1 aliphatic heterocycles. The first-order valence-corrected chi connectivity index (χ1v) is 8.11. The molecule has 0 radical (unpaired) electrons. The van der Waals surface area contributed by atoms with E-state index in [4.69, 9.17) is 0 Å². The molecule has 1 aliphatic carbocycles. The summed E-state index contributed by atoms with van der Waals surface area (Å²) < 4.78 is 0. The minimum atomic E-state index is 0.687. The summed E-state index contributed by atoms with van der Waals surface area (Å²) in [4.78, 5) is 4.66. The smallest absolute Gasteiger partial charge is 0.157 e. The molecule has 1 saturated carbocycles. The van der Waals surface area contributed by atoms with E-state index in [-0.39, 0.29) is 0 Å². The SMILES string of the molecule is CC(C)C1CN=C(NC2CCCCCCC2)S1. The molecule has 0 bridgehead atoms. The molecule has 0 aromatic rings. The van der Waals surface area contributed by atoms with Crippen LogP contribution in [-0.4, -0.2) is 23.0 Å². The number of hydrogen-bond donors (Lipinski definition) is 1. The lowest BCUT2D eigenvalue weighted by Gasteiger charge is -2.22. The molecule has 0 aromatic carbocycles. The van der Waals surface area contributed by atoms with Gasteiger partial charge in [-0.05, 0) is 18.8 Å². The van der Waals surface area contributed by atoms with Crippen molar-refractivity contribution in [2.75, 3.05) is 6.54 Å². The molecule has 2 rings (SSSR count). The average Bonchev–Trinajstić information content (AvgIpc) is 2.70. The molecule has 0 aromatic heterocycles. The summed E-state index contributed by atoms with van der Waals surface area (Å²) in [7, 11) is 0. The van der Waals surface area contributed by atoms with Gasteiger partial charge in [0.25, 0.3) is 0 Å². The molecule has 2 nitrogen and oxygen atoms in total. The number of amidine groups is 1. The van der Waals surface area contributed by atoms with Crippen LogP contribution in [0.15, 0.2) is 4.99 Å². The Morgan fingerprint density at radius 1 is 1.12 bits per heavy atom. The number of nitrogens with one attached hydrogen (secondary N) is 1. The zero-order valence-corrected chi connectivity index (χ0v) is 12.1. The second-order valence-electron chi connectivity index (χ2n) is 5.73. The molecule has 1 atom stereocenters. The summed E-state index contributed by atoms with van der Waals surface area (Å²) in [6.45, 7) is 5.61. The normalized spacial score (nSPS) is 27.7. The summed E-state index contributed by atoms with van der Waals surface area (Å²) in [6, 6.07) is 0.687. The Morgan fingerprint density at radius 3 is 2.35 bits per heavy atom. The third-order valence-electron chi connectivity index (χ3n) is 3.85. The summed E-state index contributed by atoms with van der Waals surface area (Å²) in [5, 5.41) is 5.60. The second-order valence-corrected chi connectivity index (χ2v) is 6.96. The topological polar surface area (TPSA) is 24.4 Å². The Balaban J connectivity index is 1.76. The molecule has 1 N–H and O–H groups in total. The van der Waals surface area contributed by atoms with Crippen LogP contribution in [0.2, 0.25) is 0 Å². The van der Waals surface area contributed by atoms with E-state index in [1.54, 1.807) is 0 Å². The molecular weight excluding hydrogens is 228 g/mol. The van der Waals surface area contributed by atoms with Gasteiger partial charge in [-0.3, -0.25) is 4.99 Å². The highest BCUT2D eigenvalue weighted by atomic mass is 32.2. The Kier molecular flexibility index (Phi) is 5.20. The average molecular weight is 254 g/mol. The minimum Gasteiger partial charge on any atom is -0.362 e. The molecule has 17 heavy (non-hydrogen) atoms. The van der Waals surface area contributed by atoms with E-state index in [0.29, 0.717) is 11.3 Å². The van der Waals surface area contributed by atoms with Gasteiger partial charge in [0, 0.05) is 11.3 Å². The quantitative estimate of drug-likeness (QED) is 0.810. The van der Waals surface area contributed by atoms with E-state index in [1.165, 1.54) is 50.1 Å². The van der Waals surface area contributed by atoms with Crippen molar-refractivity contribution < 1.29 is 0 Å². The highest BCUT2D eigenvalue weighted by molar-refractivity contribution is 8.14. The van der Waals surface area contributed by atoms with Crippen LogP contribution >= 0.6 is 11.8 Å². The molecule has 2 aliphatic rings. The molecule has 1 fully saturated rings. The van der Waals surface area contributed by atoms with Crippen LogP contribution in [0.1, 0.15) is 58.8 Å². The van der Waals surface area contributed by atoms with Crippen molar-refractivity contribution in [1.82, 2.24) is 5.32 Å². The van der Waals surface area contributed by atoms with Gasteiger partial charge in [-0.25, -0.2) is 0 Å². The van der Waals surface area contributed by atoms with Crippen LogP contribution in [0.4, 0.5) is 0 Å². The molecule has 1 unspecified atom stereocenters. The lowest BCUT2D eigenvalue weighted by atomic mass is 9.97. The molecule has 1 heterocycles. The van der Waals surface area contributed by atoms with Crippen molar-refractivity contribution in [3.8, 4) is 0 Å². The fourth-order valence-electron chi connectivity index (χ4n) is 2.59. The maximum absolute atomic E-state index is 4.66. The van der Waals surface area contributed by atoms with E-state index >= 15 is 0 Å². The fourth-order valence-corrected chi connectivity index (χ4v) is 3.68. The van der Waals surface area contributed by atoms with Gasteiger partial charge in [-0.15, -0.1) is 0 Å². The van der Waals surface area contributed by atoms with Gasteiger partial charge in [0.05, 0.1) is 6.54 Å². The number of rotatable bonds is 2. The summed E-state index contributed by atoms with van der Waals surface area (Å²) >= 11 is 1.96. The fraction of sp³-hybridized carbons (Fsp3) is 0.929.